The van der Waals surface area contributed by atoms with Crippen molar-refractivity contribution in [3.05, 3.63) is 82.5 Å². The van der Waals surface area contributed by atoms with Crippen LogP contribution in [0.1, 0.15) is 43.7 Å². The van der Waals surface area contributed by atoms with E-state index in [1.54, 1.807) is 6.20 Å². The molecule has 0 aliphatic carbocycles. The minimum Gasteiger partial charge on any atom is -0.404 e. The molecule has 2 aliphatic heterocycles. The smallest absolute Gasteiger partial charge is 0.214 e. The first kappa shape index (κ1) is 23.1. The van der Waals surface area contributed by atoms with Crippen molar-refractivity contribution >= 4 is 29.3 Å². The molecule has 2 aliphatic rings. The van der Waals surface area contributed by atoms with Crippen LogP contribution < -0.4 is 10.6 Å². The van der Waals surface area contributed by atoms with Gasteiger partial charge < -0.3 is 10.6 Å². The summed E-state index contributed by atoms with van der Waals surface area (Å²) in [5.74, 6) is 0.412. The zero-order valence-electron chi connectivity index (χ0n) is 18.4. The van der Waals surface area contributed by atoms with Gasteiger partial charge in [0, 0.05) is 48.0 Å². The topological polar surface area (TPSA) is 49.6 Å². The van der Waals surface area contributed by atoms with Crippen LogP contribution in [0.5, 0.6) is 0 Å². The van der Waals surface area contributed by atoms with Crippen molar-refractivity contribution < 1.29 is 4.79 Å². The molecule has 5 heteroatoms. The molecular weight excluding hydrogens is 406 g/mol. The second-order valence-electron chi connectivity index (χ2n) is 7.67. The minimum absolute atomic E-state index is 0.412. The monoisotopic (exact) mass is 437 g/mol. The van der Waals surface area contributed by atoms with Crippen LogP contribution >= 0.6 is 11.6 Å². The fourth-order valence-corrected chi connectivity index (χ4v) is 4.52. The number of hydrogen-bond donors (Lipinski definition) is 1. The Bertz CT molecular complexity index is 936. The molecule has 4 rings (SSSR count). The Morgan fingerprint density at radius 3 is 2.55 bits per heavy atom. The number of amides is 1. The number of carbonyl (C=O) groups excluding carboxylic acids is 1. The number of para-hydroxylation sites is 1. The molecule has 0 bridgehead atoms. The maximum absolute atomic E-state index is 11.4. The van der Waals surface area contributed by atoms with Crippen molar-refractivity contribution in [2.75, 3.05) is 31.1 Å². The van der Waals surface area contributed by atoms with Crippen molar-refractivity contribution in [3.8, 4) is 0 Å². The first-order valence-corrected chi connectivity index (χ1v) is 11.5. The first-order chi connectivity index (χ1) is 15.2. The van der Waals surface area contributed by atoms with Crippen molar-refractivity contribution in [1.29, 1.82) is 0 Å². The molecule has 2 heterocycles. The van der Waals surface area contributed by atoms with Gasteiger partial charge in [0.15, 0.2) is 0 Å². The molecule has 2 aromatic rings. The maximum Gasteiger partial charge on any atom is 0.214 e. The van der Waals surface area contributed by atoms with E-state index in [2.05, 4.69) is 23.1 Å². The number of nitrogens with zero attached hydrogens (tertiary/aromatic N) is 2. The Hall–Kier alpha value is -2.56. The number of nitrogens with two attached hydrogens (primary N) is 1. The molecule has 2 N–H and O–H groups in total. The molecule has 0 spiro atoms. The van der Waals surface area contributed by atoms with Crippen molar-refractivity contribution in [2.45, 2.75) is 32.6 Å². The highest BCUT2D eigenvalue weighted by Crippen LogP contribution is 2.37. The Kier molecular flexibility index (Phi) is 8.33. The number of benzene rings is 2. The van der Waals surface area contributed by atoms with Gasteiger partial charge in [0.25, 0.3) is 0 Å². The number of anilines is 1. The fraction of sp³-hybridized carbons (Fsp3) is 0.346. The van der Waals surface area contributed by atoms with Crippen LogP contribution in [0.15, 0.2) is 66.4 Å². The van der Waals surface area contributed by atoms with E-state index in [4.69, 9.17) is 17.3 Å². The van der Waals surface area contributed by atoms with Gasteiger partial charge >= 0.3 is 0 Å². The van der Waals surface area contributed by atoms with Gasteiger partial charge in [0.2, 0.25) is 6.41 Å². The van der Waals surface area contributed by atoms with Gasteiger partial charge in [-0.05, 0) is 54.3 Å². The Morgan fingerprint density at radius 2 is 1.90 bits per heavy atom. The first-order valence-electron chi connectivity index (χ1n) is 11.1. The van der Waals surface area contributed by atoms with Crippen molar-refractivity contribution in [2.24, 2.45) is 5.73 Å². The third-order valence-electron chi connectivity index (χ3n) is 5.99. The van der Waals surface area contributed by atoms with E-state index < -0.39 is 0 Å². The second kappa shape index (κ2) is 11.2. The fourth-order valence-electron chi connectivity index (χ4n) is 4.39. The SMILES string of the molecule is CC.N/C=C(/C1=CCN(CCC2CN(C=O)c3ccccc32)CC1)c1ccc(Cl)cc1. The lowest BCUT2D eigenvalue weighted by atomic mass is 9.93. The van der Waals surface area contributed by atoms with Crippen LogP contribution in [0.3, 0.4) is 0 Å². The third kappa shape index (κ3) is 5.38. The third-order valence-corrected chi connectivity index (χ3v) is 6.24. The van der Waals surface area contributed by atoms with Crippen LogP contribution in [0.25, 0.3) is 5.57 Å². The minimum atomic E-state index is 0.412. The van der Waals surface area contributed by atoms with Gasteiger partial charge in [-0.2, -0.15) is 0 Å². The zero-order valence-corrected chi connectivity index (χ0v) is 19.2. The highest BCUT2D eigenvalue weighted by atomic mass is 35.5. The second-order valence-corrected chi connectivity index (χ2v) is 8.11. The average Bonchev–Trinajstić information content (AvgIpc) is 3.19. The lowest BCUT2D eigenvalue weighted by Gasteiger charge is -2.28. The molecule has 0 aromatic heterocycles. The summed E-state index contributed by atoms with van der Waals surface area (Å²) in [5.41, 5.74) is 11.8. The highest BCUT2D eigenvalue weighted by Gasteiger charge is 2.28. The van der Waals surface area contributed by atoms with Gasteiger partial charge in [-0.25, -0.2) is 0 Å². The van der Waals surface area contributed by atoms with E-state index in [1.165, 1.54) is 11.1 Å². The number of rotatable bonds is 6. The predicted octanol–water partition coefficient (Wildman–Crippen LogP) is 5.45. The Labute approximate surface area is 191 Å². The molecule has 0 saturated heterocycles. The van der Waals surface area contributed by atoms with Crippen LogP contribution in [0.2, 0.25) is 5.02 Å². The lowest BCUT2D eigenvalue weighted by Crippen LogP contribution is -2.31. The average molecular weight is 438 g/mol. The standard InChI is InChI=1S/C24H26ClN3O.C2H6/c25-21-7-5-18(6-8-21)23(15-26)19-9-12-27(13-10-19)14-11-20-16-28(17-29)24-4-2-1-3-22(20)24;1-2/h1-9,15,17,20H,10-14,16,26H2;1-2H3/b23-15+;. The van der Waals surface area contributed by atoms with Crippen LogP contribution in [-0.4, -0.2) is 37.5 Å². The molecule has 4 nitrogen and oxygen atoms in total. The Morgan fingerprint density at radius 1 is 1.16 bits per heavy atom. The van der Waals surface area contributed by atoms with Gasteiger partial charge in [-0.3, -0.25) is 9.69 Å². The summed E-state index contributed by atoms with van der Waals surface area (Å²) in [7, 11) is 0. The molecule has 31 heavy (non-hydrogen) atoms. The van der Waals surface area contributed by atoms with Gasteiger partial charge in [-0.15, -0.1) is 0 Å². The number of halogens is 1. The molecule has 0 radical (unpaired) electrons. The number of hydrogen-bond acceptors (Lipinski definition) is 3. The van der Waals surface area contributed by atoms with Crippen LogP contribution in [-0.2, 0) is 4.79 Å². The van der Waals surface area contributed by atoms with Gasteiger partial charge in [-0.1, -0.05) is 61.9 Å². The number of allylic oxidation sites excluding steroid dienone is 1. The Balaban J connectivity index is 0.00000132. The highest BCUT2D eigenvalue weighted by molar-refractivity contribution is 6.30. The summed E-state index contributed by atoms with van der Waals surface area (Å²) in [4.78, 5) is 15.7. The van der Waals surface area contributed by atoms with Crippen LogP contribution in [0, 0.1) is 0 Å². The normalized spacial score (nSPS) is 18.7. The van der Waals surface area contributed by atoms with E-state index >= 15 is 0 Å². The number of carbonyl (C=O) groups is 1. The maximum atomic E-state index is 11.4. The summed E-state index contributed by atoms with van der Waals surface area (Å²) >= 11 is 6.01. The molecule has 1 unspecified atom stereocenters. The summed E-state index contributed by atoms with van der Waals surface area (Å²) in [6.07, 6.45) is 6.98. The molecule has 1 amide bonds. The van der Waals surface area contributed by atoms with E-state index in [1.807, 2.05) is 55.1 Å². The van der Waals surface area contributed by atoms with Gasteiger partial charge in [0.05, 0.1) is 0 Å². The van der Waals surface area contributed by atoms with Gasteiger partial charge in [0.1, 0.15) is 0 Å². The van der Waals surface area contributed by atoms with Crippen molar-refractivity contribution in [3.63, 3.8) is 0 Å². The molecule has 164 valence electrons. The lowest BCUT2D eigenvalue weighted by molar-refractivity contribution is -0.107. The molecule has 0 saturated carbocycles. The summed E-state index contributed by atoms with van der Waals surface area (Å²) in [5, 5.41) is 0.732. The summed E-state index contributed by atoms with van der Waals surface area (Å²) < 4.78 is 0. The van der Waals surface area contributed by atoms with E-state index in [0.29, 0.717) is 5.92 Å². The largest absolute Gasteiger partial charge is 0.404 e. The van der Waals surface area contributed by atoms with Crippen LogP contribution in [0.4, 0.5) is 5.69 Å². The summed E-state index contributed by atoms with van der Waals surface area (Å²) in [6, 6.07) is 16.1. The molecular formula is C26H32ClN3O. The molecule has 2 aromatic carbocycles. The molecule has 0 fully saturated rings. The number of fused-ring (bicyclic) bond motifs is 1. The van der Waals surface area contributed by atoms with E-state index in [0.717, 1.165) is 67.3 Å². The van der Waals surface area contributed by atoms with Crippen molar-refractivity contribution in [1.82, 2.24) is 4.90 Å². The zero-order chi connectivity index (χ0) is 22.2. The van der Waals surface area contributed by atoms with E-state index in [-0.39, 0.29) is 0 Å². The quantitative estimate of drug-likeness (QED) is 0.611. The predicted molar refractivity (Wildman–Crippen MR) is 131 cm³/mol. The summed E-state index contributed by atoms with van der Waals surface area (Å²) in [6.45, 7) is 7.75. The van der Waals surface area contributed by atoms with E-state index in [9.17, 15) is 4.79 Å². The molecule has 1 atom stereocenters.